The van der Waals surface area contributed by atoms with Crippen LogP contribution in [0.2, 0.25) is 0 Å². The van der Waals surface area contributed by atoms with Gasteiger partial charge in [-0.2, -0.15) is 9.78 Å². The minimum Gasteiger partial charge on any atom is -0.383 e. The minimum atomic E-state index is 0.512. The summed E-state index contributed by atoms with van der Waals surface area (Å²) in [4.78, 5) is 9.82. The lowest BCUT2D eigenvalue weighted by Crippen LogP contribution is -2.08. The van der Waals surface area contributed by atoms with Gasteiger partial charge in [-0.1, -0.05) is 6.07 Å². The third kappa shape index (κ3) is 2.22. The summed E-state index contributed by atoms with van der Waals surface area (Å²) in [5.74, 6) is 1.05. The monoisotopic (exact) mass is 271 g/mol. The lowest BCUT2D eigenvalue weighted by atomic mass is 10.3. The van der Waals surface area contributed by atoms with Gasteiger partial charge in [-0.05, 0) is 31.4 Å². The number of nitrogen functional groups attached to an aromatic ring is 1. The third-order valence-electron chi connectivity index (χ3n) is 2.67. The van der Waals surface area contributed by atoms with E-state index in [1.165, 1.54) is 0 Å². The van der Waals surface area contributed by atoms with Crippen LogP contribution in [0.4, 0.5) is 5.82 Å². The first-order valence-electron chi connectivity index (χ1n) is 5.85. The molecule has 0 saturated heterocycles. The third-order valence-corrected chi connectivity index (χ3v) is 3.56. The van der Waals surface area contributed by atoms with E-state index in [1.54, 1.807) is 16.0 Å². The Morgan fingerprint density at radius 2 is 1.89 bits per heavy atom. The number of aromatic nitrogens is 4. The highest BCUT2D eigenvalue weighted by molar-refractivity contribution is 7.13. The molecule has 6 heteroatoms. The van der Waals surface area contributed by atoms with E-state index >= 15 is 0 Å². The Hall–Kier alpha value is -2.21. The van der Waals surface area contributed by atoms with E-state index in [4.69, 9.17) is 5.73 Å². The van der Waals surface area contributed by atoms with Crippen molar-refractivity contribution in [2.75, 3.05) is 5.73 Å². The normalized spacial score (nSPS) is 10.8. The zero-order valence-corrected chi connectivity index (χ0v) is 11.5. The lowest BCUT2D eigenvalue weighted by Gasteiger charge is -2.04. The number of thiophene rings is 1. The molecule has 0 unspecified atom stereocenters. The van der Waals surface area contributed by atoms with E-state index in [9.17, 15) is 0 Å². The van der Waals surface area contributed by atoms with Gasteiger partial charge >= 0.3 is 0 Å². The van der Waals surface area contributed by atoms with Crippen LogP contribution in [0.25, 0.3) is 16.5 Å². The number of anilines is 1. The average Bonchev–Trinajstić information content (AvgIpc) is 2.95. The van der Waals surface area contributed by atoms with Gasteiger partial charge in [0, 0.05) is 17.5 Å². The molecule has 0 atom stereocenters. The van der Waals surface area contributed by atoms with Gasteiger partial charge in [0.25, 0.3) is 5.95 Å². The van der Waals surface area contributed by atoms with Crippen LogP contribution < -0.4 is 5.73 Å². The maximum absolute atomic E-state index is 6.00. The first-order valence-corrected chi connectivity index (χ1v) is 6.73. The fraction of sp³-hybridized carbons (Fsp3) is 0.154. The second-order valence-corrected chi connectivity index (χ2v) is 5.24. The van der Waals surface area contributed by atoms with Gasteiger partial charge < -0.3 is 5.73 Å². The summed E-state index contributed by atoms with van der Waals surface area (Å²) in [6.07, 6.45) is 0. The van der Waals surface area contributed by atoms with Gasteiger partial charge in [-0.15, -0.1) is 11.3 Å². The molecule has 0 aromatic carbocycles. The maximum Gasteiger partial charge on any atom is 0.252 e. The lowest BCUT2D eigenvalue weighted by molar-refractivity contribution is 0.805. The molecule has 0 spiro atoms. The van der Waals surface area contributed by atoms with Gasteiger partial charge in [0.15, 0.2) is 0 Å². The first kappa shape index (κ1) is 11.9. The van der Waals surface area contributed by atoms with Crippen LogP contribution in [0.3, 0.4) is 0 Å². The highest BCUT2D eigenvalue weighted by Crippen LogP contribution is 2.25. The predicted octanol–water partition coefficient (Wildman–Crippen LogP) is 2.59. The highest BCUT2D eigenvalue weighted by Gasteiger charge is 2.12. The van der Waals surface area contributed by atoms with Crippen molar-refractivity contribution in [3.8, 4) is 16.5 Å². The van der Waals surface area contributed by atoms with Crippen LogP contribution in [0.1, 0.15) is 11.4 Å². The van der Waals surface area contributed by atoms with E-state index in [2.05, 4.69) is 15.1 Å². The van der Waals surface area contributed by atoms with Crippen LogP contribution in [-0.2, 0) is 0 Å². The van der Waals surface area contributed by atoms with E-state index in [0.29, 0.717) is 11.8 Å². The summed E-state index contributed by atoms with van der Waals surface area (Å²) < 4.78 is 1.58. The minimum absolute atomic E-state index is 0.512. The second-order valence-electron chi connectivity index (χ2n) is 4.29. The summed E-state index contributed by atoms with van der Waals surface area (Å²) in [5.41, 5.74) is 8.64. The molecule has 2 N–H and O–H groups in total. The topological polar surface area (TPSA) is 69.6 Å². The summed E-state index contributed by atoms with van der Waals surface area (Å²) in [6.45, 7) is 3.86. The molecule has 5 nitrogen and oxygen atoms in total. The molecule has 0 radical (unpaired) electrons. The average molecular weight is 271 g/mol. The molecule has 0 amide bonds. The number of hydrogen-bond donors (Lipinski definition) is 1. The molecule has 0 aliphatic rings. The van der Waals surface area contributed by atoms with Gasteiger partial charge in [0.1, 0.15) is 11.5 Å². The SMILES string of the molecule is Cc1cc(C)nc(-n2nc(-c3cccs3)cc2N)n1. The van der Waals surface area contributed by atoms with Gasteiger partial charge in [0.05, 0.1) is 4.88 Å². The molecular weight excluding hydrogens is 258 g/mol. The number of nitrogens with two attached hydrogens (primary N) is 1. The van der Waals surface area contributed by atoms with E-state index in [0.717, 1.165) is 22.0 Å². The molecular formula is C13H13N5S. The van der Waals surface area contributed by atoms with Crippen molar-refractivity contribution < 1.29 is 0 Å². The van der Waals surface area contributed by atoms with Crippen molar-refractivity contribution >= 4 is 17.2 Å². The largest absolute Gasteiger partial charge is 0.383 e. The highest BCUT2D eigenvalue weighted by atomic mass is 32.1. The smallest absolute Gasteiger partial charge is 0.252 e. The molecule has 3 rings (SSSR count). The molecule has 0 aliphatic carbocycles. The Labute approximate surface area is 114 Å². The summed E-state index contributed by atoms with van der Waals surface area (Å²) in [5, 5.41) is 6.49. The quantitative estimate of drug-likeness (QED) is 0.777. The van der Waals surface area contributed by atoms with Crippen molar-refractivity contribution in [3.63, 3.8) is 0 Å². The standard InChI is InChI=1S/C13H13N5S/c1-8-6-9(2)16-13(15-8)18-12(14)7-10(17-18)11-4-3-5-19-11/h3-7H,14H2,1-2H3. The van der Waals surface area contributed by atoms with E-state index < -0.39 is 0 Å². The first-order chi connectivity index (χ1) is 9.13. The van der Waals surface area contributed by atoms with Crippen LogP contribution in [0, 0.1) is 13.8 Å². The molecule has 96 valence electrons. The molecule has 19 heavy (non-hydrogen) atoms. The summed E-state index contributed by atoms with van der Waals surface area (Å²) in [7, 11) is 0. The Morgan fingerprint density at radius 3 is 2.53 bits per heavy atom. The van der Waals surface area contributed by atoms with Crippen LogP contribution in [0.15, 0.2) is 29.6 Å². The predicted molar refractivity (Wildman–Crippen MR) is 76.4 cm³/mol. The Balaban J connectivity index is 2.10. The number of hydrogen-bond acceptors (Lipinski definition) is 5. The number of aryl methyl sites for hydroxylation is 2. The van der Waals surface area contributed by atoms with Crippen LogP contribution >= 0.6 is 11.3 Å². The molecule has 0 bridgehead atoms. The molecule has 0 fully saturated rings. The van der Waals surface area contributed by atoms with Gasteiger partial charge in [0.2, 0.25) is 0 Å². The Morgan fingerprint density at radius 1 is 1.16 bits per heavy atom. The second kappa shape index (κ2) is 4.47. The molecule has 3 heterocycles. The molecule has 0 saturated carbocycles. The van der Waals surface area contributed by atoms with Crippen molar-refractivity contribution in [1.82, 2.24) is 19.7 Å². The van der Waals surface area contributed by atoms with Crippen molar-refractivity contribution in [2.24, 2.45) is 0 Å². The fourth-order valence-electron chi connectivity index (χ4n) is 1.90. The van der Waals surface area contributed by atoms with Crippen molar-refractivity contribution in [3.05, 3.63) is 41.0 Å². The van der Waals surface area contributed by atoms with E-state index in [-0.39, 0.29) is 0 Å². The number of rotatable bonds is 2. The fourth-order valence-corrected chi connectivity index (χ4v) is 2.58. The number of nitrogens with zero attached hydrogens (tertiary/aromatic N) is 4. The molecule has 0 aliphatic heterocycles. The summed E-state index contributed by atoms with van der Waals surface area (Å²) >= 11 is 1.63. The Kier molecular flexibility index (Phi) is 2.79. The van der Waals surface area contributed by atoms with Gasteiger partial charge in [-0.3, -0.25) is 0 Å². The van der Waals surface area contributed by atoms with Gasteiger partial charge in [-0.25, -0.2) is 9.97 Å². The summed E-state index contributed by atoms with van der Waals surface area (Å²) in [6, 6.07) is 7.76. The zero-order valence-electron chi connectivity index (χ0n) is 10.7. The Bertz CT molecular complexity index is 694. The molecule has 3 aromatic heterocycles. The van der Waals surface area contributed by atoms with Crippen LogP contribution in [-0.4, -0.2) is 19.7 Å². The zero-order chi connectivity index (χ0) is 13.4. The van der Waals surface area contributed by atoms with E-state index in [1.807, 2.05) is 43.5 Å². The molecule has 3 aromatic rings. The van der Waals surface area contributed by atoms with Crippen molar-refractivity contribution in [1.29, 1.82) is 0 Å². The van der Waals surface area contributed by atoms with Crippen molar-refractivity contribution in [2.45, 2.75) is 13.8 Å². The maximum atomic E-state index is 6.00. The van der Waals surface area contributed by atoms with Crippen LogP contribution in [0.5, 0.6) is 0 Å².